The van der Waals surface area contributed by atoms with Crippen molar-refractivity contribution in [3.05, 3.63) is 48.8 Å². The molecule has 0 saturated heterocycles. The van der Waals surface area contributed by atoms with Gasteiger partial charge < -0.3 is 15.0 Å². The van der Waals surface area contributed by atoms with Crippen LogP contribution in [0.4, 0.5) is 0 Å². The highest BCUT2D eigenvalue weighted by Gasteiger charge is 2.03. The lowest BCUT2D eigenvalue weighted by atomic mass is 10.3. The van der Waals surface area contributed by atoms with Crippen molar-refractivity contribution in [3.8, 4) is 22.8 Å². The van der Waals surface area contributed by atoms with Gasteiger partial charge in [-0.15, -0.1) is 0 Å². The smallest absolute Gasteiger partial charge is 0.0624 e. The van der Waals surface area contributed by atoms with E-state index >= 15 is 0 Å². The summed E-state index contributed by atoms with van der Waals surface area (Å²) < 4.78 is 0. The van der Waals surface area contributed by atoms with Crippen molar-refractivity contribution in [3.63, 3.8) is 0 Å². The van der Waals surface area contributed by atoms with Gasteiger partial charge in [-0.05, 0) is 36.4 Å². The van der Waals surface area contributed by atoms with Crippen LogP contribution in [0.1, 0.15) is 0 Å². The number of H-pyrrole nitrogens is 3. The van der Waals surface area contributed by atoms with Crippen LogP contribution < -0.4 is 0 Å². The lowest BCUT2D eigenvalue weighted by Crippen LogP contribution is -1.78. The highest BCUT2D eigenvalue weighted by molar-refractivity contribution is 5.64. The Labute approximate surface area is 87.2 Å². The molecule has 0 spiro atoms. The Morgan fingerprint density at radius 1 is 0.600 bits per heavy atom. The molecule has 0 atom stereocenters. The molecule has 3 heteroatoms. The first-order valence-corrected chi connectivity index (χ1v) is 4.90. The van der Waals surface area contributed by atoms with Crippen LogP contribution in [-0.4, -0.2) is 15.0 Å². The van der Waals surface area contributed by atoms with Crippen molar-refractivity contribution in [2.75, 3.05) is 0 Å². The minimum Gasteiger partial charge on any atom is -0.360 e. The van der Waals surface area contributed by atoms with Crippen molar-refractivity contribution in [1.29, 1.82) is 0 Å². The summed E-state index contributed by atoms with van der Waals surface area (Å²) in [6, 6.07) is 12.2. The van der Waals surface area contributed by atoms with Crippen LogP contribution in [0.15, 0.2) is 48.8 Å². The van der Waals surface area contributed by atoms with E-state index in [-0.39, 0.29) is 0 Å². The van der Waals surface area contributed by atoms with Gasteiger partial charge in [0, 0.05) is 12.4 Å². The van der Waals surface area contributed by atoms with Crippen LogP contribution >= 0.6 is 0 Å². The highest BCUT2D eigenvalue weighted by Crippen LogP contribution is 2.21. The lowest BCUT2D eigenvalue weighted by Gasteiger charge is -1.94. The normalized spacial score (nSPS) is 10.7. The van der Waals surface area contributed by atoms with E-state index in [0.717, 1.165) is 22.8 Å². The zero-order valence-corrected chi connectivity index (χ0v) is 8.12. The van der Waals surface area contributed by atoms with Crippen molar-refractivity contribution < 1.29 is 0 Å². The molecule has 0 amide bonds. The van der Waals surface area contributed by atoms with Crippen LogP contribution in [0.3, 0.4) is 0 Å². The van der Waals surface area contributed by atoms with Crippen molar-refractivity contribution >= 4 is 0 Å². The first-order chi connectivity index (χ1) is 7.43. The first kappa shape index (κ1) is 8.17. The molecule has 0 aliphatic heterocycles. The molecule has 0 unspecified atom stereocenters. The Bertz CT molecular complexity index is 480. The Balaban J connectivity index is 2.02. The number of hydrogen-bond donors (Lipinski definition) is 3. The molecule has 3 nitrogen and oxygen atoms in total. The summed E-state index contributed by atoms with van der Waals surface area (Å²) >= 11 is 0. The molecule has 3 N–H and O–H groups in total. The average molecular weight is 197 g/mol. The topological polar surface area (TPSA) is 47.4 Å². The average Bonchev–Trinajstić information content (AvgIpc) is 3.02. The van der Waals surface area contributed by atoms with E-state index in [9.17, 15) is 0 Å². The van der Waals surface area contributed by atoms with Crippen LogP contribution in [0, 0.1) is 0 Å². The molecule has 0 aliphatic rings. The second-order valence-electron chi connectivity index (χ2n) is 3.45. The second-order valence-corrected chi connectivity index (χ2v) is 3.45. The highest BCUT2D eigenvalue weighted by atomic mass is 14.8. The molecule has 0 aromatic carbocycles. The fourth-order valence-corrected chi connectivity index (χ4v) is 1.71. The number of hydrogen-bond acceptors (Lipinski definition) is 0. The van der Waals surface area contributed by atoms with Gasteiger partial charge in [0.25, 0.3) is 0 Å². The molecule has 3 aromatic rings. The van der Waals surface area contributed by atoms with Crippen LogP contribution in [0.2, 0.25) is 0 Å². The number of rotatable bonds is 2. The zero-order chi connectivity index (χ0) is 10.1. The van der Waals surface area contributed by atoms with Crippen LogP contribution in [0.25, 0.3) is 22.8 Å². The van der Waals surface area contributed by atoms with Gasteiger partial charge in [-0.25, -0.2) is 0 Å². The lowest BCUT2D eigenvalue weighted by molar-refractivity contribution is 1.30. The molecule has 74 valence electrons. The van der Waals surface area contributed by atoms with Crippen LogP contribution in [-0.2, 0) is 0 Å². The monoisotopic (exact) mass is 197 g/mol. The predicted octanol–water partition coefficient (Wildman–Crippen LogP) is 3.00. The van der Waals surface area contributed by atoms with E-state index in [4.69, 9.17) is 0 Å². The predicted molar refractivity (Wildman–Crippen MR) is 60.4 cm³/mol. The maximum absolute atomic E-state index is 3.36. The Morgan fingerprint density at radius 3 is 1.53 bits per heavy atom. The fourth-order valence-electron chi connectivity index (χ4n) is 1.71. The molecule has 0 bridgehead atoms. The summed E-state index contributed by atoms with van der Waals surface area (Å²) in [5.41, 5.74) is 4.41. The standard InChI is InChI=1S/C12H11N3/c1-3-9(13-7-1)11-5-6-12(15-11)10-4-2-8-14-10/h1-8,13-15H. The number of aromatic amines is 3. The molecule has 0 saturated carbocycles. The third kappa shape index (κ3) is 1.38. The van der Waals surface area contributed by atoms with Crippen molar-refractivity contribution in [2.45, 2.75) is 0 Å². The minimum absolute atomic E-state index is 1.10. The maximum Gasteiger partial charge on any atom is 0.0624 e. The Kier molecular flexibility index (Phi) is 1.75. The molecule has 3 rings (SSSR count). The van der Waals surface area contributed by atoms with Gasteiger partial charge in [-0.2, -0.15) is 0 Å². The third-order valence-corrected chi connectivity index (χ3v) is 2.46. The minimum atomic E-state index is 1.10. The molecule has 3 heterocycles. The molecule has 15 heavy (non-hydrogen) atoms. The second kappa shape index (κ2) is 3.20. The number of nitrogens with one attached hydrogen (secondary N) is 3. The molecule has 0 fully saturated rings. The van der Waals surface area contributed by atoms with Crippen molar-refractivity contribution in [2.24, 2.45) is 0 Å². The Morgan fingerprint density at radius 2 is 1.13 bits per heavy atom. The summed E-state index contributed by atoms with van der Waals surface area (Å²) in [6.07, 6.45) is 3.84. The SMILES string of the molecule is c1c[nH]c(-c2ccc(-c3ccc[nH]3)[nH]2)c1. The number of aromatic nitrogens is 3. The molecule has 3 aromatic heterocycles. The van der Waals surface area contributed by atoms with Gasteiger partial charge in [0.15, 0.2) is 0 Å². The molecular formula is C12H11N3. The first-order valence-electron chi connectivity index (χ1n) is 4.90. The van der Waals surface area contributed by atoms with E-state index in [2.05, 4.69) is 27.1 Å². The quantitative estimate of drug-likeness (QED) is 0.565. The van der Waals surface area contributed by atoms with Gasteiger partial charge in [0.05, 0.1) is 22.8 Å². The molecular weight excluding hydrogens is 186 g/mol. The fraction of sp³-hybridized carbons (Fsp3) is 0. The third-order valence-electron chi connectivity index (χ3n) is 2.46. The summed E-state index contributed by atoms with van der Waals surface area (Å²) in [6.45, 7) is 0. The van der Waals surface area contributed by atoms with Gasteiger partial charge in [-0.1, -0.05) is 0 Å². The largest absolute Gasteiger partial charge is 0.360 e. The van der Waals surface area contributed by atoms with E-state index in [1.165, 1.54) is 0 Å². The van der Waals surface area contributed by atoms with E-state index in [0.29, 0.717) is 0 Å². The summed E-state index contributed by atoms with van der Waals surface area (Å²) in [4.78, 5) is 9.70. The van der Waals surface area contributed by atoms with Crippen LogP contribution in [0.5, 0.6) is 0 Å². The van der Waals surface area contributed by atoms with Gasteiger partial charge in [0.1, 0.15) is 0 Å². The maximum atomic E-state index is 3.36. The van der Waals surface area contributed by atoms with Gasteiger partial charge >= 0.3 is 0 Å². The van der Waals surface area contributed by atoms with Crippen molar-refractivity contribution in [1.82, 2.24) is 15.0 Å². The van der Waals surface area contributed by atoms with Gasteiger partial charge in [0.2, 0.25) is 0 Å². The molecule has 0 radical (unpaired) electrons. The summed E-state index contributed by atoms with van der Waals surface area (Å²) in [7, 11) is 0. The Hall–Kier alpha value is -2.16. The molecule has 0 aliphatic carbocycles. The summed E-state index contributed by atoms with van der Waals surface area (Å²) in [5.74, 6) is 0. The summed E-state index contributed by atoms with van der Waals surface area (Å²) in [5, 5.41) is 0. The van der Waals surface area contributed by atoms with E-state index in [1.807, 2.05) is 36.7 Å². The zero-order valence-electron chi connectivity index (χ0n) is 8.12. The van der Waals surface area contributed by atoms with E-state index in [1.54, 1.807) is 0 Å². The van der Waals surface area contributed by atoms with Gasteiger partial charge in [-0.3, -0.25) is 0 Å². The van der Waals surface area contributed by atoms with E-state index < -0.39 is 0 Å².